The van der Waals surface area contributed by atoms with Gasteiger partial charge in [0.15, 0.2) is 11.5 Å². The maximum absolute atomic E-state index is 12.0. The first-order chi connectivity index (χ1) is 15.2. The average Bonchev–Trinajstić information content (AvgIpc) is 3.34. The van der Waals surface area contributed by atoms with Crippen molar-refractivity contribution in [2.75, 3.05) is 27.3 Å². The molecule has 0 unspecified atom stereocenters. The van der Waals surface area contributed by atoms with Gasteiger partial charge in [0.25, 0.3) is 0 Å². The molecule has 0 atom stereocenters. The normalized spacial score (nSPS) is 13.5. The number of carbonyl (C=O) groups excluding carboxylic acids is 1. The van der Waals surface area contributed by atoms with Gasteiger partial charge in [-0.3, -0.25) is 4.79 Å². The summed E-state index contributed by atoms with van der Waals surface area (Å²) in [5.41, 5.74) is 1.33. The van der Waals surface area contributed by atoms with Gasteiger partial charge in [-0.05, 0) is 49.8 Å². The van der Waals surface area contributed by atoms with Crippen molar-refractivity contribution in [1.29, 1.82) is 0 Å². The van der Waals surface area contributed by atoms with Crippen molar-refractivity contribution < 1.29 is 14.3 Å². The Morgan fingerprint density at radius 3 is 1.81 bits per heavy atom. The van der Waals surface area contributed by atoms with Crippen LogP contribution in [0.5, 0.6) is 11.5 Å². The monoisotopic (exact) mass is 431 g/mol. The molecule has 176 valence electrons. The summed E-state index contributed by atoms with van der Waals surface area (Å²) >= 11 is 0. The minimum Gasteiger partial charge on any atom is -0.493 e. The molecule has 1 heterocycles. The maximum Gasteiger partial charge on any atom is 0.222 e. The van der Waals surface area contributed by atoms with E-state index in [-0.39, 0.29) is 0 Å². The van der Waals surface area contributed by atoms with Crippen molar-refractivity contribution in [2.24, 2.45) is 0 Å². The molecular weight excluding hydrogens is 386 g/mol. The molecule has 0 aliphatic carbocycles. The first-order valence-corrected chi connectivity index (χ1v) is 12.7. The molecule has 0 N–H and O–H groups in total. The van der Waals surface area contributed by atoms with Gasteiger partial charge in [-0.15, -0.1) is 0 Å². The van der Waals surface area contributed by atoms with E-state index >= 15 is 0 Å². The lowest BCUT2D eigenvalue weighted by atomic mass is 10.0. The molecule has 0 aromatic heterocycles. The quantitative estimate of drug-likeness (QED) is 0.251. The molecule has 2 rings (SSSR count). The van der Waals surface area contributed by atoms with E-state index in [4.69, 9.17) is 9.47 Å². The number of hydrogen-bond donors (Lipinski definition) is 0. The van der Waals surface area contributed by atoms with E-state index in [0.717, 1.165) is 43.9 Å². The Kier molecular flexibility index (Phi) is 13.2. The molecule has 1 aromatic carbocycles. The SMILES string of the molecule is COc1ccc(CCCCCCCCCCCCCCC(=O)N2CCCC2)cc1OC. The summed E-state index contributed by atoms with van der Waals surface area (Å²) < 4.78 is 10.7. The third-order valence-electron chi connectivity index (χ3n) is 6.51. The Hall–Kier alpha value is -1.71. The summed E-state index contributed by atoms with van der Waals surface area (Å²) in [4.78, 5) is 14.0. The van der Waals surface area contributed by atoms with Gasteiger partial charge in [-0.1, -0.05) is 70.3 Å². The molecule has 0 bridgehead atoms. The number of benzene rings is 1. The van der Waals surface area contributed by atoms with E-state index in [1.165, 1.54) is 89.0 Å². The highest BCUT2D eigenvalue weighted by atomic mass is 16.5. The Labute approximate surface area is 190 Å². The van der Waals surface area contributed by atoms with Gasteiger partial charge in [-0.2, -0.15) is 0 Å². The largest absolute Gasteiger partial charge is 0.493 e. The van der Waals surface area contributed by atoms with Crippen LogP contribution >= 0.6 is 0 Å². The number of likely N-dealkylation sites (tertiary alicyclic amines) is 1. The van der Waals surface area contributed by atoms with Gasteiger partial charge in [-0.25, -0.2) is 0 Å². The second kappa shape index (κ2) is 16.0. The van der Waals surface area contributed by atoms with Gasteiger partial charge in [0, 0.05) is 19.5 Å². The number of carbonyl (C=O) groups is 1. The Balaban J connectivity index is 1.34. The van der Waals surface area contributed by atoms with Gasteiger partial charge in [0.2, 0.25) is 5.91 Å². The molecule has 4 heteroatoms. The fourth-order valence-corrected chi connectivity index (χ4v) is 4.53. The molecule has 1 aliphatic heterocycles. The molecule has 1 aromatic rings. The smallest absolute Gasteiger partial charge is 0.222 e. The van der Waals surface area contributed by atoms with Gasteiger partial charge < -0.3 is 14.4 Å². The lowest BCUT2D eigenvalue weighted by Crippen LogP contribution is -2.27. The zero-order valence-corrected chi connectivity index (χ0v) is 20.1. The predicted octanol–water partition coefficient (Wildman–Crippen LogP) is 6.94. The molecule has 0 saturated carbocycles. The van der Waals surface area contributed by atoms with E-state index < -0.39 is 0 Å². The van der Waals surface area contributed by atoms with Crippen LogP contribution in [0.15, 0.2) is 18.2 Å². The summed E-state index contributed by atoms with van der Waals surface area (Å²) in [5.74, 6) is 2.02. The summed E-state index contributed by atoms with van der Waals surface area (Å²) in [5, 5.41) is 0. The summed E-state index contributed by atoms with van der Waals surface area (Å²) in [6, 6.07) is 6.25. The zero-order valence-electron chi connectivity index (χ0n) is 20.1. The Morgan fingerprint density at radius 1 is 0.742 bits per heavy atom. The zero-order chi connectivity index (χ0) is 22.2. The Bertz CT molecular complexity index is 610. The summed E-state index contributed by atoms with van der Waals surface area (Å²) in [7, 11) is 3.37. The number of hydrogen-bond acceptors (Lipinski definition) is 3. The number of methoxy groups -OCH3 is 2. The fourth-order valence-electron chi connectivity index (χ4n) is 4.53. The molecule has 1 amide bonds. The van der Waals surface area contributed by atoms with E-state index in [1.54, 1.807) is 14.2 Å². The van der Waals surface area contributed by atoms with E-state index in [1.807, 2.05) is 6.07 Å². The van der Waals surface area contributed by atoms with Crippen LogP contribution in [0.3, 0.4) is 0 Å². The molecule has 0 radical (unpaired) electrons. The van der Waals surface area contributed by atoms with E-state index in [2.05, 4.69) is 17.0 Å². The second-order valence-corrected chi connectivity index (χ2v) is 9.02. The van der Waals surface area contributed by atoms with Crippen LogP contribution in [0.2, 0.25) is 0 Å². The van der Waals surface area contributed by atoms with Gasteiger partial charge in [0.05, 0.1) is 14.2 Å². The number of unbranched alkanes of at least 4 members (excludes halogenated alkanes) is 11. The molecule has 1 aliphatic rings. The van der Waals surface area contributed by atoms with Crippen molar-refractivity contribution >= 4 is 5.91 Å². The van der Waals surface area contributed by atoms with Crippen molar-refractivity contribution in [2.45, 2.75) is 103 Å². The molecular formula is C27H45NO3. The van der Waals surface area contributed by atoms with Crippen LogP contribution in [0, 0.1) is 0 Å². The number of aryl methyl sites for hydroxylation is 1. The Morgan fingerprint density at radius 2 is 1.26 bits per heavy atom. The third kappa shape index (κ3) is 10.4. The van der Waals surface area contributed by atoms with Gasteiger partial charge >= 0.3 is 0 Å². The number of nitrogens with zero attached hydrogens (tertiary/aromatic N) is 1. The molecule has 31 heavy (non-hydrogen) atoms. The highest BCUT2D eigenvalue weighted by Crippen LogP contribution is 2.28. The van der Waals surface area contributed by atoms with Crippen LogP contribution in [-0.4, -0.2) is 38.1 Å². The van der Waals surface area contributed by atoms with Crippen LogP contribution in [0.25, 0.3) is 0 Å². The minimum atomic E-state index is 0.390. The predicted molar refractivity (Wildman–Crippen MR) is 129 cm³/mol. The van der Waals surface area contributed by atoms with Crippen molar-refractivity contribution in [3.63, 3.8) is 0 Å². The van der Waals surface area contributed by atoms with Crippen LogP contribution in [0.1, 0.15) is 102 Å². The van der Waals surface area contributed by atoms with Crippen LogP contribution in [0.4, 0.5) is 0 Å². The summed E-state index contributed by atoms with van der Waals surface area (Å²) in [6.07, 6.45) is 20.0. The first kappa shape index (κ1) is 25.5. The lowest BCUT2D eigenvalue weighted by molar-refractivity contribution is -0.130. The number of ether oxygens (including phenoxy) is 2. The maximum atomic E-state index is 12.0. The molecule has 4 nitrogen and oxygen atoms in total. The van der Waals surface area contributed by atoms with Crippen molar-refractivity contribution in [3.05, 3.63) is 23.8 Å². The van der Waals surface area contributed by atoms with E-state index in [9.17, 15) is 4.79 Å². The minimum absolute atomic E-state index is 0.390. The highest BCUT2D eigenvalue weighted by molar-refractivity contribution is 5.76. The van der Waals surface area contributed by atoms with Crippen molar-refractivity contribution in [1.82, 2.24) is 4.90 Å². The second-order valence-electron chi connectivity index (χ2n) is 9.02. The first-order valence-electron chi connectivity index (χ1n) is 12.7. The van der Waals surface area contributed by atoms with E-state index in [0.29, 0.717) is 5.91 Å². The number of rotatable bonds is 17. The highest BCUT2D eigenvalue weighted by Gasteiger charge is 2.16. The third-order valence-corrected chi connectivity index (χ3v) is 6.51. The fraction of sp³-hybridized carbons (Fsp3) is 0.741. The van der Waals surface area contributed by atoms with Gasteiger partial charge in [0.1, 0.15) is 0 Å². The average molecular weight is 432 g/mol. The molecule has 1 saturated heterocycles. The molecule has 1 fully saturated rings. The lowest BCUT2D eigenvalue weighted by Gasteiger charge is -2.14. The van der Waals surface area contributed by atoms with Crippen LogP contribution < -0.4 is 9.47 Å². The summed E-state index contributed by atoms with van der Waals surface area (Å²) in [6.45, 7) is 1.99. The number of amides is 1. The standard InChI is InChI=1S/C27H45NO3/c1-30-25-20-19-24(23-26(25)31-2)17-13-11-9-7-5-3-4-6-8-10-12-14-18-27(29)28-21-15-16-22-28/h19-20,23H,3-18,21-22H2,1-2H3. The van der Waals surface area contributed by atoms with Crippen LogP contribution in [-0.2, 0) is 11.2 Å². The molecule has 0 spiro atoms. The topological polar surface area (TPSA) is 38.8 Å². The van der Waals surface area contributed by atoms with Crippen molar-refractivity contribution in [3.8, 4) is 11.5 Å².